The van der Waals surface area contributed by atoms with Crippen molar-refractivity contribution in [3.05, 3.63) is 107 Å². The minimum absolute atomic E-state index is 0.228. The number of hydrogen-bond acceptors (Lipinski definition) is 6. The molecule has 0 radical (unpaired) electrons. The fraction of sp³-hybridized carbons (Fsp3) is 0.0714. The molecule has 0 spiro atoms. The highest BCUT2D eigenvalue weighted by Crippen LogP contribution is 2.32. The van der Waals surface area contributed by atoms with E-state index in [1.807, 2.05) is 43.6 Å². The van der Waals surface area contributed by atoms with E-state index in [2.05, 4.69) is 55.2 Å². The van der Waals surface area contributed by atoms with E-state index in [-0.39, 0.29) is 5.91 Å². The zero-order chi connectivity index (χ0) is 24.6. The number of aryl methyl sites for hydroxylation is 1. The van der Waals surface area contributed by atoms with Crippen molar-refractivity contribution < 1.29 is 4.79 Å². The zero-order valence-corrected chi connectivity index (χ0v) is 20.3. The molecule has 0 atom stereocenters. The van der Waals surface area contributed by atoms with Gasteiger partial charge in [-0.15, -0.1) is 11.3 Å². The van der Waals surface area contributed by atoms with Crippen LogP contribution in [0.3, 0.4) is 0 Å². The van der Waals surface area contributed by atoms with Gasteiger partial charge in [-0.25, -0.2) is 9.97 Å². The molecule has 1 amide bonds. The van der Waals surface area contributed by atoms with Gasteiger partial charge >= 0.3 is 0 Å². The van der Waals surface area contributed by atoms with Crippen molar-refractivity contribution in [3.63, 3.8) is 0 Å². The van der Waals surface area contributed by atoms with E-state index in [4.69, 9.17) is 5.73 Å². The topological polar surface area (TPSA) is 98.7 Å². The number of carbonyl (C=O) groups excluding carboxylic acids is 1. The largest absolute Gasteiger partial charge is 0.382 e. The van der Waals surface area contributed by atoms with E-state index >= 15 is 0 Å². The number of pyridine rings is 1. The summed E-state index contributed by atoms with van der Waals surface area (Å²) in [6.07, 6.45) is 7.92. The summed E-state index contributed by atoms with van der Waals surface area (Å²) in [6, 6.07) is 18.5. The number of hydrogen-bond donors (Lipinski definition) is 2. The average Bonchev–Trinajstić information content (AvgIpc) is 3.58. The lowest BCUT2D eigenvalue weighted by atomic mass is 10.00. The Bertz CT molecular complexity index is 1720. The fourth-order valence-electron chi connectivity index (χ4n) is 4.43. The van der Waals surface area contributed by atoms with E-state index in [1.54, 1.807) is 11.6 Å². The molecule has 8 heteroatoms. The first kappa shape index (κ1) is 21.9. The molecule has 176 valence electrons. The van der Waals surface area contributed by atoms with Gasteiger partial charge in [-0.2, -0.15) is 0 Å². The second-order valence-electron chi connectivity index (χ2n) is 8.58. The van der Waals surface area contributed by atoms with Crippen LogP contribution in [-0.2, 0) is 6.42 Å². The zero-order valence-electron chi connectivity index (χ0n) is 19.5. The van der Waals surface area contributed by atoms with Gasteiger partial charge in [0.15, 0.2) is 0 Å². The molecule has 3 N–H and O–H groups in total. The molecule has 7 nitrogen and oxygen atoms in total. The van der Waals surface area contributed by atoms with Crippen LogP contribution in [0, 0.1) is 6.92 Å². The van der Waals surface area contributed by atoms with Crippen molar-refractivity contribution in [2.24, 2.45) is 0 Å². The summed E-state index contributed by atoms with van der Waals surface area (Å²) in [6.45, 7) is 1.99. The quantitative estimate of drug-likeness (QED) is 0.320. The number of fused-ring (bicyclic) bond motifs is 2. The number of amides is 1. The Balaban J connectivity index is 1.33. The summed E-state index contributed by atoms with van der Waals surface area (Å²) >= 11 is 1.37. The number of thiophene rings is 1. The van der Waals surface area contributed by atoms with Gasteiger partial charge in [0.25, 0.3) is 5.91 Å². The van der Waals surface area contributed by atoms with Crippen LogP contribution in [0.5, 0.6) is 0 Å². The van der Waals surface area contributed by atoms with Crippen LogP contribution in [0.4, 0.5) is 11.5 Å². The lowest BCUT2D eigenvalue weighted by Gasteiger charge is -2.14. The summed E-state index contributed by atoms with van der Waals surface area (Å²) in [4.78, 5) is 26.3. The normalized spacial score (nSPS) is 11.2. The molecule has 4 heterocycles. The number of nitrogen functional groups attached to an aromatic ring is 1. The number of nitrogens with two attached hydrogens (primary N) is 1. The first-order valence-electron chi connectivity index (χ1n) is 11.5. The van der Waals surface area contributed by atoms with E-state index in [1.165, 1.54) is 23.2 Å². The minimum atomic E-state index is -0.228. The van der Waals surface area contributed by atoms with Crippen LogP contribution >= 0.6 is 11.3 Å². The monoisotopic (exact) mass is 490 g/mol. The maximum Gasteiger partial charge on any atom is 0.258 e. The Kier molecular flexibility index (Phi) is 5.42. The molecule has 2 aromatic carbocycles. The SMILES string of the molecule is Cc1ccc2c(Cc3ccc(-n4cccc4)cc3)nccc2c1NC(=O)c1csc2c(N)ncnc12. The van der Waals surface area contributed by atoms with Gasteiger partial charge in [0, 0.05) is 46.9 Å². The van der Waals surface area contributed by atoms with Gasteiger partial charge < -0.3 is 15.6 Å². The summed E-state index contributed by atoms with van der Waals surface area (Å²) in [5.41, 5.74) is 12.0. The molecule has 0 aliphatic heterocycles. The molecule has 0 aliphatic rings. The van der Waals surface area contributed by atoms with Crippen molar-refractivity contribution in [2.75, 3.05) is 11.1 Å². The number of nitrogens with one attached hydrogen (secondary N) is 1. The number of rotatable bonds is 5. The van der Waals surface area contributed by atoms with Crippen molar-refractivity contribution in [1.29, 1.82) is 0 Å². The summed E-state index contributed by atoms with van der Waals surface area (Å²) in [5.74, 6) is 0.149. The predicted molar refractivity (Wildman–Crippen MR) is 145 cm³/mol. The number of nitrogens with zero attached hydrogens (tertiary/aromatic N) is 4. The highest BCUT2D eigenvalue weighted by molar-refractivity contribution is 7.18. The Morgan fingerprint density at radius 1 is 1.00 bits per heavy atom. The molecule has 0 fully saturated rings. The highest BCUT2D eigenvalue weighted by Gasteiger charge is 2.18. The summed E-state index contributed by atoms with van der Waals surface area (Å²) in [5, 5.41) is 6.85. The molecule has 0 unspecified atom stereocenters. The molecular weight excluding hydrogens is 468 g/mol. The van der Waals surface area contributed by atoms with Crippen LogP contribution in [0.25, 0.3) is 26.7 Å². The van der Waals surface area contributed by atoms with Crippen LogP contribution in [0.2, 0.25) is 0 Å². The molecule has 6 aromatic rings. The Morgan fingerprint density at radius 3 is 2.61 bits per heavy atom. The van der Waals surface area contributed by atoms with Crippen molar-refractivity contribution in [1.82, 2.24) is 19.5 Å². The van der Waals surface area contributed by atoms with Crippen LogP contribution < -0.4 is 11.1 Å². The highest BCUT2D eigenvalue weighted by atomic mass is 32.1. The van der Waals surface area contributed by atoms with Gasteiger partial charge in [-0.05, 0) is 48.4 Å². The van der Waals surface area contributed by atoms with E-state index in [9.17, 15) is 4.79 Å². The number of carbonyl (C=O) groups is 1. The van der Waals surface area contributed by atoms with Crippen LogP contribution in [-0.4, -0.2) is 25.4 Å². The van der Waals surface area contributed by atoms with E-state index in [0.29, 0.717) is 28.0 Å². The van der Waals surface area contributed by atoms with E-state index in [0.717, 1.165) is 33.4 Å². The lowest BCUT2D eigenvalue weighted by Crippen LogP contribution is -2.13. The summed E-state index contributed by atoms with van der Waals surface area (Å²) in [7, 11) is 0. The fourth-order valence-corrected chi connectivity index (χ4v) is 5.33. The second kappa shape index (κ2) is 8.90. The van der Waals surface area contributed by atoms with Crippen molar-refractivity contribution >= 4 is 49.7 Å². The molecule has 6 rings (SSSR count). The first-order chi connectivity index (χ1) is 17.6. The average molecular weight is 491 g/mol. The Hall–Kier alpha value is -4.56. The van der Waals surface area contributed by atoms with Gasteiger partial charge in [0.1, 0.15) is 12.1 Å². The predicted octanol–water partition coefficient (Wildman–Crippen LogP) is 5.76. The van der Waals surface area contributed by atoms with Crippen LogP contribution in [0.15, 0.2) is 84.9 Å². The van der Waals surface area contributed by atoms with Gasteiger partial charge in [0.2, 0.25) is 0 Å². The smallest absolute Gasteiger partial charge is 0.258 e. The molecule has 0 bridgehead atoms. The van der Waals surface area contributed by atoms with Gasteiger partial charge in [-0.1, -0.05) is 24.3 Å². The maximum absolute atomic E-state index is 13.3. The number of benzene rings is 2. The number of anilines is 2. The number of aromatic nitrogens is 4. The molecule has 0 saturated heterocycles. The third kappa shape index (κ3) is 3.87. The van der Waals surface area contributed by atoms with Crippen LogP contribution in [0.1, 0.15) is 27.2 Å². The second-order valence-corrected chi connectivity index (χ2v) is 9.46. The Labute approximate surface area is 211 Å². The molecule has 4 aromatic heterocycles. The molecule has 0 aliphatic carbocycles. The van der Waals surface area contributed by atoms with Gasteiger partial charge in [0.05, 0.1) is 27.2 Å². The third-order valence-electron chi connectivity index (χ3n) is 6.31. The van der Waals surface area contributed by atoms with Crippen molar-refractivity contribution in [2.45, 2.75) is 13.3 Å². The summed E-state index contributed by atoms with van der Waals surface area (Å²) < 4.78 is 2.79. The minimum Gasteiger partial charge on any atom is -0.382 e. The molecular formula is C28H22N6OS. The van der Waals surface area contributed by atoms with Crippen molar-refractivity contribution in [3.8, 4) is 5.69 Å². The lowest BCUT2D eigenvalue weighted by molar-refractivity contribution is 0.102. The molecule has 0 saturated carbocycles. The van der Waals surface area contributed by atoms with E-state index < -0.39 is 0 Å². The third-order valence-corrected chi connectivity index (χ3v) is 7.30. The first-order valence-corrected chi connectivity index (χ1v) is 12.3. The van der Waals surface area contributed by atoms with Gasteiger partial charge in [-0.3, -0.25) is 9.78 Å². The molecule has 36 heavy (non-hydrogen) atoms. The maximum atomic E-state index is 13.3. The Morgan fingerprint density at radius 2 is 1.81 bits per heavy atom. The standard InChI is InChI=1S/C28H22N6OS/c1-17-4-9-20-21(24(17)33-28(35)22-15-36-26-25(22)31-16-32-27(26)29)10-11-30-23(20)14-18-5-7-19(8-6-18)34-12-2-3-13-34/h2-13,15-16H,14H2,1H3,(H,33,35)(H2,29,31,32).